The summed E-state index contributed by atoms with van der Waals surface area (Å²) in [5.41, 5.74) is 12.8. The molecule has 4 heterocycles. The molecular formula is C59H52IrN4OSi-2. The van der Waals surface area contributed by atoms with E-state index in [1.54, 1.807) is 0 Å². The number of furan rings is 1. The van der Waals surface area contributed by atoms with Gasteiger partial charge in [-0.1, -0.05) is 137 Å². The molecule has 7 heteroatoms. The monoisotopic (exact) mass is 1060 g/mol. The molecule has 0 aliphatic carbocycles. The maximum absolute atomic E-state index is 8.23. The number of hydrogen-bond donors (Lipinski definition) is 0. The van der Waals surface area contributed by atoms with Crippen LogP contribution in [0.25, 0.3) is 94.1 Å². The van der Waals surface area contributed by atoms with E-state index in [0.29, 0.717) is 22.1 Å². The van der Waals surface area contributed by atoms with Crippen molar-refractivity contribution < 1.29 is 28.6 Å². The SMILES string of the molecule is C[Si](C)(C)c1ccc(-c2[c-]cccc2)nc1.[2H]C([2H])([2H])c1nc2ccc3oc4c(-c5nc6ccccc6n5-c5c(C(C)C)cc(-c6ccccc6)cc5C(C)C)[c-]ccc4c3c2c2ccccc12.[Ir]. The first kappa shape index (κ1) is 41.0. The van der Waals surface area contributed by atoms with Gasteiger partial charge < -0.3 is 14.0 Å². The van der Waals surface area contributed by atoms with Crippen LogP contribution in [0.3, 0.4) is 0 Å². The van der Waals surface area contributed by atoms with Crippen LogP contribution in [0.1, 0.15) is 60.5 Å². The molecule has 0 bridgehead atoms. The van der Waals surface area contributed by atoms with Crippen molar-refractivity contribution >= 4 is 67.9 Å². The van der Waals surface area contributed by atoms with Crippen molar-refractivity contribution in [2.24, 2.45) is 0 Å². The van der Waals surface area contributed by atoms with Gasteiger partial charge in [0.2, 0.25) is 0 Å². The first-order chi connectivity index (χ1) is 32.7. The van der Waals surface area contributed by atoms with E-state index < -0.39 is 14.9 Å². The molecule has 0 saturated carbocycles. The van der Waals surface area contributed by atoms with Gasteiger partial charge in [-0.15, -0.1) is 54.1 Å². The Labute approximate surface area is 406 Å². The minimum atomic E-state index is -2.36. The van der Waals surface area contributed by atoms with E-state index in [1.165, 1.54) is 27.4 Å². The van der Waals surface area contributed by atoms with E-state index in [1.807, 2.05) is 85.1 Å². The van der Waals surface area contributed by atoms with Gasteiger partial charge in [-0.3, -0.25) is 9.97 Å². The Kier molecular flexibility index (Phi) is 11.2. The third-order valence-corrected chi connectivity index (χ3v) is 14.4. The van der Waals surface area contributed by atoms with Crippen LogP contribution in [0.15, 0.2) is 162 Å². The van der Waals surface area contributed by atoms with Gasteiger partial charge >= 0.3 is 0 Å². The number of rotatable bonds is 7. The van der Waals surface area contributed by atoms with Crippen molar-refractivity contribution in [3.8, 4) is 39.5 Å². The van der Waals surface area contributed by atoms with Crippen LogP contribution in [-0.4, -0.2) is 27.6 Å². The fourth-order valence-corrected chi connectivity index (χ4v) is 10.1. The Morgan fingerprint density at radius 2 is 1.35 bits per heavy atom. The summed E-state index contributed by atoms with van der Waals surface area (Å²) in [5.74, 6) is 1.20. The normalized spacial score (nSPS) is 12.7. The number of imidazole rings is 1. The second-order valence-corrected chi connectivity index (χ2v) is 23.5. The number of fused-ring (bicyclic) bond motifs is 8. The summed E-state index contributed by atoms with van der Waals surface area (Å²) >= 11 is 0. The Hall–Kier alpha value is -6.50. The van der Waals surface area contributed by atoms with Crippen molar-refractivity contribution in [2.75, 3.05) is 0 Å². The molecule has 1 radical (unpaired) electrons. The van der Waals surface area contributed by atoms with Crippen molar-refractivity contribution in [3.63, 3.8) is 0 Å². The summed E-state index contributed by atoms with van der Waals surface area (Å²) in [6, 6.07) is 57.8. The number of hydrogen-bond acceptors (Lipinski definition) is 4. The van der Waals surface area contributed by atoms with Crippen molar-refractivity contribution in [3.05, 3.63) is 187 Å². The molecule has 0 atom stereocenters. The molecule has 0 fully saturated rings. The average molecular weight is 1060 g/mol. The van der Waals surface area contributed by atoms with Gasteiger partial charge in [-0.05, 0) is 93.6 Å². The Balaban J connectivity index is 0.000000296. The smallest absolute Gasteiger partial charge is 0.121 e. The van der Waals surface area contributed by atoms with E-state index in [4.69, 9.17) is 18.5 Å². The Morgan fingerprint density at radius 1 is 0.636 bits per heavy atom. The maximum atomic E-state index is 8.23. The fraction of sp³-hybridized carbons (Fsp3) is 0.169. The number of para-hydroxylation sites is 2. The van der Waals surface area contributed by atoms with E-state index in [2.05, 4.69) is 142 Å². The number of nitrogens with zero attached hydrogens (tertiary/aromatic N) is 4. The molecule has 0 amide bonds. The van der Waals surface area contributed by atoms with E-state index in [-0.39, 0.29) is 37.6 Å². The molecule has 0 N–H and O–H groups in total. The summed E-state index contributed by atoms with van der Waals surface area (Å²) in [7, 11) is -1.23. The first-order valence-corrected chi connectivity index (χ1v) is 25.9. The Morgan fingerprint density at radius 3 is 2.03 bits per heavy atom. The van der Waals surface area contributed by atoms with Gasteiger partial charge in [0.05, 0.1) is 36.0 Å². The van der Waals surface area contributed by atoms with Gasteiger partial charge in [0.15, 0.2) is 0 Å². The molecule has 0 spiro atoms. The number of aromatic nitrogens is 4. The van der Waals surface area contributed by atoms with Crippen molar-refractivity contribution in [2.45, 2.75) is 66.0 Å². The molecule has 0 aliphatic rings. The molecule has 0 unspecified atom stereocenters. The molecule has 0 aliphatic heterocycles. The van der Waals surface area contributed by atoms with Gasteiger partial charge in [0, 0.05) is 58.0 Å². The zero-order valence-electron chi connectivity index (χ0n) is 41.2. The average Bonchev–Trinajstić information content (AvgIpc) is 3.92. The van der Waals surface area contributed by atoms with Crippen LogP contribution in [0.4, 0.5) is 0 Å². The van der Waals surface area contributed by atoms with Crippen LogP contribution < -0.4 is 5.19 Å². The molecular weight excluding hydrogens is 1000 g/mol. The van der Waals surface area contributed by atoms with Crippen molar-refractivity contribution in [1.29, 1.82) is 0 Å². The first-order valence-electron chi connectivity index (χ1n) is 23.9. The standard InChI is InChI=1S/C45H36N3O.C14H16NSi.Ir/c1-26(2)35-24-30(29-14-7-6-8-15-29)25-36(27(3)4)43(35)48-39-21-12-11-20-37(39)47-45(48)34-19-13-18-33-42-40(49-44(33)34)23-22-38-41(42)32-17-10-9-16-31(32)28(5)46-38;1-16(2,3)13-9-10-14(15-11-13)12-7-5-4-6-8-12;/h6-18,20-27H,1-5H3;4-7,9-11H,1-3H3;/q2*-1;/i5D3;;. The zero-order valence-corrected chi connectivity index (χ0v) is 41.6. The topological polar surface area (TPSA) is 56.7 Å². The number of aryl methyl sites for hydroxylation is 1. The maximum Gasteiger partial charge on any atom is 0.121 e. The predicted octanol–water partition coefficient (Wildman–Crippen LogP) is 15.4. The van der Waals surface area contributed by atoms with Crippen molar-refractivity contribution in [1.82, 2.24) is 19.5 Å². The van der Waals surface area contributed by atoms with Crippen LogP contribution >= 0.6 is 0 Å². The zero-order chi connectivity index (χ0) is 47.5. The van der Waals surface area contributed by atoms with Gasteiger partial charge in [0.25, 0.3) is 0 Å². The molecule has 7 aromatic carbocycles. The molecule has 11 rings (SSSR count). The summed E-state index contributed by atoms with van der Waals surface area (Å²) in [6.45, 7) is 13.7. The second kappa shape index (κ2) is 18.1. The summed E-state index contributed by atoms with van der Waals surface area (Å²) in [6.07, 6.45) is 2.02. The van der Waals surface area contributed by atoms with Gasteiger partial charge in [0.1, 0.15) is 5.58 Å². The van der Waals surface area contributed by atoms with Gasteiger partial charge in [-0.2, -0.15) is 0 Å². The van der Waals surface area contributed by atoms with Crippen LogP contribution in [0, 0.1) is 19.0 Å². The molecule has 11 aromatic rings. The van der Waals surface area contributed by atoms with E-state index in [0.717, 1.165) is 60.9 Å². The van der Waals surface area contributed by atoms with Crippen LogP contribution in [0.5, 0.6) is 0 Å². The molecule has 5 nitrogen and oxygen atoms in total. The van der Waals surface area contributed by atoms with Gasteiger partial charge in [-0.25, -0.2) is 0 Å². The number of pyridine rings is 2. The largest absolute Gasteiger partial charge is 0.501 e. The predicted molar refractivity (Wildman–Crippen MR) is 275 cm³/mol. The van der Waals surface area contributed by atoms with E-state index in [9.17, 15) is 0 Å². The minimum absolute atomic E-state index is 0. The number of benzene rings is 7. The van der Waals surface area contributed by atoms with Crippen LogP contribution in [-0.2, 0) is 20.1 Å². The van der Waals surface area contributed by atoms with Crippen LogP contribution in [0.2, 0.25) is 19.6 Å². The summed E-state index contributed by atoms with van der Waals surface area (Å²) in [4.78, 5) is 14.6. The fourth-order valence-electron chi connectivity index (χ4n) is 9.03. The molecule has 66 heavy (non-hydrogen) atoms. The second-order valence-electron chi connectivity index (χ2n) is 18.4. The molecule has 329 valence electrons. The third-order valence-electron chi connectivity index (χ3n) is 12.4. The molecule has 4 aromatic heterocycles. The third kappa shape index (κ3) is 8.10. The summed E-state index contributed by atoms with van der Waals surface area (Å²) < 4.78 is 33.8. The minimum Gasteiger partial charge on any atom is -0.501 e. The molecule has 0 saturated heterocycles. The summed E-state index contributed by atoms with van der Waals surface area (Å²) in [5, 5.41) is 5.50. The quantitative estimate of drug-likeness (QED) is 0.0907. The van der Waals surface area contributed by atoms with E-state index >= 15 is 0 Å². The Bertz CT molecular complexity index is 3620.